The van der Waals surface area contributed by atoms with Crippen molar-refractivity contribution in [2.24, 2.45) is 7.05 Å². The number of hydrogen-bond donors (Lipinski definition) is 1. The van der Waals surface area contributed by atoms with Crippen molar-refractivity contribution in [1.29, 1.82) is 0 Å². The molecule has 0 saturated carbocycles. The fourth-order valence-corrected chi connectivity index (χ4v) is 2.33. The van der Waals surface area contributed by atoms with Crippen LogP contribution in [0.2, 0.25) is 0 Å². The minimum Gasteiger partial charge on any atom is -0.486 e. The van der Waals surface area contributed by atoms with Crippen LogP contribution in [0.4, 0.5) is 0 Å². The van der Waals surface area contributed by atoms with E-state index in [4.69, 9.17) is 9.47 Å². The van der Waals surface area contributed by atoms with Gasteiger partial charge in [-0.3, -0.25) is 4.68 Å². The van der Waals surface area contributed by atoms with E-state index >= 15 is 0 Å². The average Bonchev–Trinajstić information content (AvgIpc) is 2.88. The Hall–Kier alpha value is -1.44. The Morgan fingerprint density at radius 2 is 2.24 bits per heavy atom. The molecule has 2 rings (SSSR count). The number of aromatic nitrogens is 3. The van der Waals surface area contributed by atoms with Crippen LogP contribution in [-0.4, -0.2) is 35.3 Å². The van der Waals surface area contributed by atoms with Crippen LogP contribution in [0.25, 0.3) is 0 Å². The van der Waals surface area contributed by atoms with E-state index in [0.29, 0.717) is 13.2 Å². The molecule has 0 aliphatic heterocycles. The first kappa shape index (κ1) is 15.9. The van der Waals surface area contributed by atoms with E-state index in [9.17, 15) is 0 Å². The molecule has 0 amide bonds. The standard InChI is InChI=1S/C14H19BrN4O2/c1-19-9-12(17-18-19)10-21-14-4-3-11(7-13(14)15)8-16-5-6-20-2/h3-4,7,9,16H,5-6,8,10H2,1-2H3. The van der Waals surface area contributed by atoms with Crippen LogP contribution in [0.3, 0.4) is 0 Å². The third kappa shape index (κ3) is 5.11. The summed E-state index contributed by atoms with van der Waals surface area (Å²) < 4.78 is 13.3. The van der Waals surface area contributed by atoms with Crippen LogP contribution in [0.15, 0.2) is 28.9 Å². The number of methoxy groups -OCH3 is 1. The zero-order valence-electron chi connectivity index (χ0n) is 12.2. The van der Waals surface area contributed by atoms with Crippen LogP contribution in [0.1, 0.15) is 11.3 Å². The summed E-state index contributed by atoms with van der Waals surface area (Å²) in [6.07, 6.45) is 1.84. The van der Waals surface area contributed by atoms with Crippen molar-refractivity contribution in [1.82, 2.24) is 20.3 Å². The van der Waals surface area contributed by atoms with Gasteiger partial charge in [0.05, 0.1) is 17.3 Å². The second kappa shape index (κ2) is 8.11. The van der Waals surface area contributed by atoms with Crippen molar-refractivity contribution in [2.75, 3.05) is 20.3 Å². The van der Waals surface area contributed by atoms with Gasteiger partial charge in [0.2, 0.25) is 0 Å². The molecule has 0 unspecified atom stereocenters. The lowest BCUT2D eigenvalue weighted by molar-refractivity contribution is 0.199. The van der Waals surface area contributed by atoms with E-state index in [0.717, 1.165) is 29.0 Å². The Balaban J connectivity index is 1.86. The second-order valence-electron chi connectivity index (χ2n) is 4.61. The van der Waals surface area contributed by atoms with Crippen molar-refractivity contribution in [3.05, 3.63) is 40.1 Å². The normalized spacial score (nSPS) is 10.8. The first-order valence-corrected chi connectivity index (χ1v) is 7.44. The molecule has 1 heterocycles. The fourth-order valence-electron chi connectivity index (χ4n) is 1.79. The van der Waals surface area contributed by atoms with Crippen LogP contribution < -0.4 is 10.1 Å². The van der Waals surface area contributed by atoms with Gasteiger partial charge in [-0.05, 0) is 33.6 Å². The zero-order valence-corrected chi connectivity index (χ0v) is 13.8. The Bertz CT molecular complexity index is 574. The van der Waals surface area contributed by atoms with Crippen molar-refractivity contribution in [3.63, 3.8) is 0 Å². The van der Waals surface area contributed by atoms with E-state index in [1.54, 1.807) is 11.8 Å². The second-order valence-corrected chi connectivity index (χ2v) is 5.46. The maximum Gasteiger partial charge on any atom is 0.134 e. The summed E-state index contributed by atoms with van der Waals surface area (Å²) >= 11 is 3.53. The number of hydrogen-bond acceptors (Lipinski definition) is 5. The van der Waals surface area contributed by atoms with E-state index in [2.05, 4.69) is 31.6 Å². The van der Waals surface area contributed by atoms with Gasteiger partial charge in [-0.2, -0.15) is 0 Å². The average molecular weight is 355 g/mol. The molecule has 0 saturated heterocycles. The van der Waals surface area contributed by atoms with Gasteiger partial charge < -0.3 is 14.8 Å². The topological polar surface area (TPSA) is 61.2 Å². The van der Waals surface area contributed by atoms with Crippen molar-refractivity contribution >= 4 is 15.9 Å². The first-order chi connectivity index (χ1) is 10.2. The molecule has 1 N–H and O–H groups in total. The van der Waals surface area contributed by atoms with Crippen molar-refractivity contribution in [3.8, 4) is 5.75 Å². The third-order valence-corrected chi connectivity index (χ3v) is 3.45. The number of benzene rings is 1. The number of nitrogens with one attached hydrogen (secondary N) is 1. The maximum atomic E-state index is 5.73. The molecule has 2 aromatic rings. The van der Waals surface area contributed by atoms with Gasteiger partial charge in [-0.1, -0.05) is 11.3 Å². The van der Waals surface area contributed by atoms with E-state index in [1.165, 1.54) is 5.56 Å². The van der Waals surface area contributed by atoms with Gasteiger partial charge in [0.15, 0.2) is 0 Å². The highest BCUT2D eigenvalue weighted by atomic mass is 79.9. The highest BCUT2D eigenvalue weighted by Crippen LogP contribution is 2.26. The number of aryl methyl sites for hydroxylation is 1. The van der Waals surface area contributed by atoms with Crippen LogP contribution in [-0.2, 0) is 24.9 Å². The molecule has 7 heteroatoms. The lowest BCUT2D eigenvalue weighted by Crippen LogP contribution is -2.18. The number of halogens is 1. The molecule has 114 valence electrons. The molecule has 0 aliphatic carbocycles. The minimum atomic E-state index is 0.401. The summed E-state index contributed by atoms with van der Waals surface area (Å²) in [5, 5.41) is 11.2. The molecular weight excluding hydrogens is 336 g/mol. The molecular formula is C14H19BrN4O2. The molecule has 0 fully saturated rings. The number of ether oxygens (including phenoxy) is 2. The Labute approximate surface area is 132 Å². The summed E-state index contributed by atoms with van der Waals surface area (Å²) in [5.74, 6) is 0.793. The smallest absolute Gasteiger partial charge is 0.134 e. The Morgan fingerprint density at radius 3 is 2.90 bits per heavy atom. The Kier molecular flexibility index (Phi) is 6.16. The van der Waals surface area contributed by atoms with Gasteiger partial charge >= 0.3 is 0 Å². The van der Waals surface area contributed by atoms with Crippen LogP contribution in [0, 0.1) is 0 Å². The van der Waals surface area contributed by atoms with Gasteiger partial charge in [0.1, 0.15) is 18.1 Å². The first-order valence-electron chi connectivity index (χ1n) is 6.65. The van der Waals surface area contributed by atoms with Gasteiger partial charge in [0.25, 0.3) is 0 Å². The maximum absolute atomic E-state index is 5.73. The predicted molar refractivity (Wildman–Crippen MR) is 83.1 cm³/mol. The van der Waals surface area contributed by atoms with E-state index < -0.39 is 0 Å². The molecule has 0 bridgehead atoms. The Morgan fingerprint density at radius 1 is 1.38 bits per heavy atom. The fraction of sp³-hybridized carbons (Fsp3) is 0.429. The lowest BCUT2D eigenvalue weighted by atomic mass is 10.2. The summed E-state index contributed by atoms with van der Waals surface area (Å²) in [5.41, 5.74) is 1.99. The molecule has 0 atom stereocenters. The highest BCUT2D eigenvalue weighted by Gasteiger charge is 2.05. The van der Waals surface area contributed by atoms with Gasteiger partial charge in [-0.15, -0.1) is 5.10 Å². The lowest BCUT2D eigenvalue weighted by Gasteiger charge is -2.09. The summed E-state index contributed by atoms with van der Waals surface area (Å²) in [7, 11) is 3.53. The SMILES string of the molecule is COCCNCc1ccc(OCc2cn(C)nn2)c(Br)c1. The van der Waals surface area contributed by atoms with Crippen LogP contribution >= 0.6 is 15.9 Å². The molecule has 0 radical (unpaired) electrons. The summed E-state index contributed by atoms with van der Waals surface area (Å²) in [6.45, 7) is 2.74. The number of rotatable bonds is 8. The summed E-state index contributed by atoms with van der Waals surface area (Å²) in [6, 6.07) is 6.04. The van der Waals surface area contributed by atoms with E-state index in [1.807, 2.05) is 31.4 Å². The summed E-state index contributed by atoms with van der Waals surface area (Å²) in [4.78, 5) is 0. The third-order valence-electron chi connectivity index (χ3n) is 2.83. The largest absolute Gasteiger partial charge is 0.486 e. The number of nitrogens with zero attached hydrogens (tertiary/aromatic N) is 3. The zero-order chi connectivity index (χ0) is 15.1. The van der Waals surface area contributed by atoms with Crippen LogP contribution in [0.5, 0.6) is 5.75 Å². The molecule has 1 aromatic heterocycles. The molecule has 0 aliphatic rings. The van der Waals surface area contributed by atoms with Crippen molar-refractivity contribution < 1.29 is 9.47 Å². The van der Waals surface area contributed by atoms with E-state index in [-0.39, 0.29) is 0 Å². The molecule has 6 nitrogen and oxygen atoms in total. The molecule has 21 heavy (non-hydrogen) atoms. The highest BCUT2D eigenvalue weighted by molar-refractivity contribution is 9.10. The van der Waals surface area contributed by atoms with Gasteiger partial charge in [0, 0.05) is 27.2 Å². The predicted octanol–water partition coefficient (Wildman–Crippen LogP) is 1.89. The quantitative estimate of drug-likeness (QED) is 0.733. The molecule has 1 aromatic carbocycles. The monoisotopic (exact) mass is 354 g/mol. The van der Waals surface area contributed by atoms with Crippen molar-refractivity contribution in [2.45, 2.75) is 13.2 Å². The van der Waals surface area contributed by atoms with Gasteiger partial charge in [-0.25, -0.2) is 0 Å². The molecule has 0 spiro atoms. The minimum absolute atomic E-state index is 0.401.